The van der Waals surface area contributed by atoms with E-state index in [1.807, 2.05) is 13.8 Å². The van der Waals surface area contributed by atoms with Crippen molar-refractivity contribution in [1.29, 1.82) is 0 Å². The van der Waals surface area contributed by atoms with Crippen molar-refractivity contribution in [2.75, 3.05) is 0 Å². The molecule has 0 saturated heterocycles. The van der Waals surface area contributed by atoms with Crippen molar-refractivity contribution >= 4 is 0 Å². The molecule has 2 nitrogen and oxygen atoms in total. The number of rotatable bonds is 3. The average Bonchev–Trinajstić information content (AvgIpc) is 2.55. The fourth-order valence-electron chi connectivity index (χ4n) is 1.77. The Hall–Kier alpha value is -1.00. The van der Waals surface area contributed by atoms with Crippen molar-refractivity contribution in [1.82, 2.24) is 5.16 Å². The highest BCUT2D eigenvalue weighted by Gasteiger charge is 2.26. The Morgan fingerprint density at radius 3 is 1.79 bits per heavy atom. The monoisotopic (exact) mass is 279 g/mol. The molecule has 0 atom stereocenters. The van der Waals surface area contributed by atoms with Crippen LogP contribution < -0.4 is 0 Å². The van der Waals surface area contributed by atoms with E-state index in [0.29, 0.717) is 5.92 Å². The molecule has 0 saturated carbocycles. The molecule has 1 aromatic heterocycles. The third-order valence-corrected chi connectivity index (χ3v) is 2.67. The van der Waals surface area contributed by atoms with Gasteiger partial charge in [-0.25, -0.2) is 0 Å². The van der Waals surface area contributed by atoms with Crippen LogP contribution in [-0.2, 0) is 0 Å². The Bertz CT molecular complexity index is 348. The Labute approximate surface area is 113 Å². The van der Waals surface area contributed by atoms with Gasteiger partial charge in [-0.05, 0) is 32.1 Å². The Kier molecular flexibility index (Phi) is 7.16. The van der Waals surface area contributed by atoms with Crippen molar-refractivity contribution in [2.24, 2.45) is 5.92 Å². The highest BCUT2D eigenvalue weighted by Crippen LogP contribution is 2.23. The molecule has 0 aromatic carbocycles. The number of hydrogen-bond donors (Lipinski definition) is 0. The summed E-state index contributed by atoms with van der Waals surface area (Å²) in [5.74, 6) is 1.62. The van der Waals surface area contributed by atoms with Crippen LogP contribution in [0.2, 0.25) is 0 Å². The van der Waals surface area contributed by atoms with E-state index < -0.39 is 12.6 Å². The van der Waals surface area contributed by atoms with E-state index in [1.54, 1.807) is 13.8 Å². The van der Waals surface area contributed by atoms with Crippen LogP contribution in [0, 0.1) is 19.8 Å². The molecule has 0 aliphatic heterocycles. The van der Waals surface area contributed by atoms with Crippen LogP contribution in [0.1, 0.15) is 63.5 Å². The van der Waals surface area contributed by atoms with Gasteiger partial charge in [-0.15, -0.1) is 0 Å². The minimum absolute atomic E-state index is 0.145. The average molecular weight is 279 g/mol. The van der Waals surface area contributed by atoms with Gasteiger partial charge >= 0.3 is 6.18 Å². The first-order valence-electron chi connectivity index (χ1n) is 6.54. The van der Waals surface area contributed by atoms with E-state index >= 15 is 0 Å². The molecule has 19 heavy (non-hydrogen) atoms. The van der Waals surface area contributed by atoms with Gasteiger partial charge in [-0.1, -0.05) is 32.9 Å². The fourth-order valence-corrected chi connectivity index (χ4v) is 1.77. The van der Waals surface area contributed by atoms with Crippen molar-refractivity contribution < 1.29 is 17.7 Å². The van der Waals surface area contributed by atoms with E-state index in [4.69, 9.17) is 4.52 Å². The van der Waals surface area contributed by atoms with Gasteiger partial charge in [0, 0.05) is 12.0 Å². The van der Waals surface area contributed by atoms with Gasteiger partial charge < -0.3 is 4.52 Å². The second-order valence-corrected chi connectivity index (χ2v) is 5.44. The van der Waals surface area contributed by atoms with E-state index in [1.165, 1.54) is 5.56 Å². The van der Waals surface area contributed by atoms with Gasteiger partial charge in [-0.3, -0.25) is 0 Å². The van der Waals surface area contributed by atoms with Crippen LogP contribution in [0.3, 0.4) is 0 Å². The number of nitrogens with zero attached hydrogens (tertiary/aromatic N) is 1. The lowest BCUT2D eigenvalue weighted by molar-refractivity contribution is -0.137. The number of aryl methyl sites for hydroxylation is 2. The maximum atomic E-state index is 11.4. The summed E-state index contributed by atoms with van der Waals surface area (Å²) in [5.41, 5.74) is 2.27. The van der Waals surface area contributed by atoms with Gasteiger partial charge in [0.05, 0.1) is 5.69 Å². The zero-order valence-corrected chi connectivity index (χ0v) is 12.6. The van der Waals surface area contributed by atoms with Crippen molar-refractivity contribution in [3.63, 3.8) is 0 Å². The molecule has 0 unspecified atom stereocenters. The number of alkyl halides is 3. The summed E-state index contributed by atoms with van der Waals surface area (Å²) in [7, 11) is 0. The molecule has 0 N–H and O–H groups in total. The standard InChI is InChI=1S/C8H13NO.C6H11F3/c1-5(2)8-6(3)9-10-7(8)4;1-5(2)3-4-6(7,8)9/h5H,1-4H3;5H,3-4H2,1-2H3. The molecule has 0 amide bonds. The minimum atomic E-state index is -3.97. The van der Waals surface area contributed by atoms with Crippen LogP contribution in [0.4, 0.5) is 13.2 Å². The summed E-state index contributed by atoms with van der Waals surface area (Å²) in [6.45, 7) is 11.8. The molecule has 0 radical (unpaired) electrons. The first-order valence-corrected chi connectivity index (χ1v) is 6.54. The van der Waals surface area contributed by atoms with Crippen molar-refractivity contribution in [2.45, 2.75) is 66.5 Å². The van der Waals surface area contributed by atoms with E-state index in [0.717, 1.165) is 11.5 Å². The van der Waals surface area contributed by atoms with E-state index in [9.17, 15) is 13.2 Å². The first kappa shape index (κ1) is 18.0. The molecule has 0 aliphatic rings. The number of halogens is 3. The second kappa shape index (κ2) is 7.56. The summed E-state index contributed by atoms with van der Waals surface area (Å²) < 4.78 is 39.3. The van der Waals surface area contributed by atoms with Gasteiger partial charge in [-0.2, -0.15) is 13.2 Å². The molecule has 112 valence electrons. The Morgan fingerprint density at radius 2 is 1.63 bits per heavy atom. The molecule has 0 bridgehead atoms. The maximum absolute atomic E-state index is 11.4. The Balaban J connectivity index is 0.000000344. The second-order valence-electron chi connectivity index (χ2n) is 5.44. The third-order valence-electron chi connectivity index (χ3n) is 2.67. The molecule has 1 aromatic rings. The van der Waals surface area contributed by atoms with E-state index in [-0.39, 0.29) is 12.3 Å². The smallest absolute Gasteiger partial charge is 0.361 e. The zero-order valence-electron chi connectivity index (χ0n) is 12.6. The largest absolute Gasteiger partial charge is 0.389 e. The molecule has 0 fully saturated rings. The lowest BCUT2D eigenvalue weighted by atomic mass is 10.0. The summed E-state index contributed by atoms with van der Waals surface area (Å²) in [5, 5.41) is 3.86. The lowest BCUT2D eigenvalue weighted by Gasteiger charge is -2.06. The van der Waals surface area contributed by atoms with Crippen LogP contribution in [0.25, 0.3) is 0 Å². The highest BCUT2D eigenvalue weighted by atomic mass is 19.4. The normalized spacial score (nSPS) is 11.7. The molecular formula is C14H24F3NO. The molecule has 0 spiro atoms. The third kappa shape index (κ3) is 7.90. The minimum Gasteiger partial charge on any atom is -0.361 e. The first-order chi connectivity index (χ1) is 8.54. The quantitative estimate of drug-likeness (QED) is 0.740. The summed E-state index contributed by atoms with van der Waals surface area (Å²) in [4.78, 5) is 0. The number of hydrogen-bond acceptors (Lipinski definition) is 2. The molecular weight excluding hydrogens is 255 g/mol. The van der Waals surface area contributed by atoms with Crippen LogP contribution in [-0.4, -0.2) is 11.3 Å². The summed E-state index contributed by atoms with van der Waals surface area (Å²) in [6.07, 6.45) is -4.38. The maximum Gasteiger partial charge on any atom is 0.389 e. The van der Waals surface area contributed by atoms with Gasteiger partial charge in [0.25, 0.3) is 0 Å². The predicted octanol–water partition coefficient (Wildman–Crippen LogP) is 5.40. The number of aromatic nitrogens is 1. The molecule has 5 heteroatoms. The Morgan fingerprint density at radius 1 is 1.11 bits per heavy atom. The molecule has 1 heterocycles. The zero-order chi connectivity index (χ0) is 15.2. The van der Waals surface area contributed by atoms with E-state index in [2.05, 4.69) is 19.0 Å². The fraction of sp³-hybridized carbons (Fsp3) is 0.786. The van der Waals surface area contributed by atoms with Gasteiger partial charge in [0.2, 0.25) is 0 Å². The van der Waals surface area contributed by atoms with Crippen molar-refractivity contribution in [3.05, 3.63) is 17.0 Å². The molecule has 1 rings (SSSR count). The molecule has 0 aliphatic carbocycles. The topological polar surface area (TPSA) is 26.0 Å². The van der Waals surface area contributed by atoms with Crippen LogP contribution in [0.15, 0.2) is 4.52 Å². The van der Waals surface area contributed by atoms with Crippen molar-refractivity contribution in [3.8, 4) is 0 Å². The van der Waals surface area contributed by atoms with Gasteiger partial charge in [0.15, 0.2) is 0 Å². The lowest BCUT2D eigenvalue weighted by Crippen LogP contribution is -2.08. The SMILES string of the molecule is CC(C)CCC(F)(F)F.Cc1noc(C)c1C(C)C. The van der Waals surface area contributed by atoms with Gasteiger partial charge in [0.1, 0.15) is 5.76 Å². The highest BCUT2D eigenvalue weighted by molar-refractivity contribution is 5.23. The summed E-state index contributed by atoms with van der Waals surface area (Å²) >= 11 is 0. The summed E-state index contributed by atoms with van der Waals surface area (Å²) in [6, 6.07) is 0. The van der Waals surface area contributed by atoms with Crippen LogP contribution in [0.5, 0.6) is 0 Å². The van der Waals surface area contributed by atoms with Crippen LogP contribution >= 0.6 is 0 Å². The predicted molar refractivity (Wildman–Crippen MR) is 70.2 cm³/mol.